The van der Waals surface area contributed by atoms with Gasteiger partial charge in [0.25, 0.3) is 0 Å². The number of amides is 1. The van der Waals surface area contributed by atoms with Crippen LogP contribution in [0.25, 0.3) is 0 Å². The van der Waals surface area contributed by atoms with Gasteiger partial charge in [0.15, 0.2) is 0 Å². The van der Waals surface area contributed by atoms with Crippen LogP contribution in [0.5, 0.6) is 0 Å². The molecule has 1 saturated heterocycles. The molecule has 0 saturated carbocycles. The summed E-state index contributed by atoms with van der Waals surface area (Å²) in [7, 11) is 0. The lowest BCUT2D eigenvalue weighted by Gasteiger charge is -2.42. The summed E-state index contributed by atoms with van der Waals surface area (Å²) in [5.74, 6) is 0. The topological polar surface area (TPSA) is 53.4 Å². The molecule has 1 aliphatic rings. The smallest absolute Gasteiger partial charge is 0.410 e. The normalized spacial score (nSPS) is 16.0. The van der Waals surface area contributed by atoms with E-state index in [4.69, 9.17) is 10.1 Å². The fourth-order valence-corrected chi connectivity index (χ4v) is 3.89. The summed E-state index contributed by atoms with van der Waals surface area (Å²) in [6.07, 6.45) is 3.05. The molecule has 0 spiro atoms. The van der Waals surface area contributed by atoms with Crippen molar-refractivity contribution in [2.75, 3.05) is 13.1 Å². The zero-order valence-corrected chi connectivity index (χ0v) is 16.0. The van der Waals surface area contributed by atoms with Gasteiger partial charge >= 0.3 is 6.09 Å². The first-order valence-corrected chi connectivity index (χ1v) is 9.75. The number of hydrogen-bond acceptors (Lipinski definition) is 3. The number of nitrogens with zero attached hydrogens (tertiary/aromatic N) is 1. The van der Waals surface area contributed by atoms with Gasteiger partial charge in [0.2, 0.25) is 0 Å². The van der Waals surface area contributed by atoms with Gasteiger partial charge in [-0.05, 0) is 30.4 Å². The van der Waals surface area contributed by atoms with Gasteiger partial charge < -0.3 is 15.0 Å². The maximum absolute atomic E-state index is 12.5. The van der Waals surface area contributed by atoms with Crippen LogP contribution in [0.4, 0.5) is 4.79 Å². The molecule has 1 fully saturated rings. The maximum atomic E-state index is 12.5. The van der Waals surface area contributed by atoms with Crippen LogP contribution in [-0.2, 0) is 16.8 Å². The number of rotatable bonds is 6. The Kier molecular flexibility index (Phi) is 6.28. The lowest BCUT2D eigenvalue weighted by Crippen LogP contribution is -2.49. The average Bonchev–Trinajstić information content (AvgIpc) is 2.73. The molecule has 1 aliphatic heterocycles. The zero-order chi connectivity index (χ0) is 19.1. The monoisotopic (exact) mass is 364 g/mol. The van der Waals surface area contributed by atoms with E-state index in [9.17, 15) is 4.79 Å². The van der Waals surface area contributed by atoms with Crippen LogP contribution in [0, 0.1) is 5.41 Å². The van der Waals surface area contributed by atoms with E-state index in [1.807, 2.05) is 48.5 Å². The number of likely N-dealkylation sites (tertiary alicyclic amines) is 1. The number of carbonyl (C=O) groups excluding carboxylic acids is 1. The Morgan fingerprint density at radius 3 is 2.22 bits per heavy atom. The third-order valence-corrected chi connectivity index (χ3v) is 5.48. The van der Waals surface area contributed by atoms with Gasteiger partial charge in [0, 0.05) is 24.2 Å². The van der Waals surface area contributed by atoms with E-state index in [1.165, 1.54) is 5.56 Å². The van der Waals surface area contributed by atoms with Gasteiger partial charge in [-0.2, -0.15) is 0 Å². The van der Waals surface area contributed by atoms with E-state index in [0.29, 0.717) is 19.7 Å². The molecular formula is C23H28N2O2. The SMILES string of the molecule is CCCC(=N)C1(c2ccccc2)CCN(C(=O)OCc2ccccc2)CC1. The lowest BCUT2D eigenvalue weighted by molar-refractivity contribution is 0.0833. The number of benzene rings is 2. The summed E-state index contributed by atoms with van der Waals surface area (Å²) in [6, 6.07) is 20.1. The van der Waals surface area contributed by atoms with Crippen LogP contribution in [0.3, 0.4) is 0 Å². The molecule has 0 atom stereocenters. The molecule has 0 bridgehead atoms. The van der Waals surface area contributed by atoms with Crippen LogP contribution in [0.1, 0.15) is 43.7 Å². The first-order valence-electron chi connectivity index (χ1n) is 9.75. The molecule has 4 heteroatoms. The van der Waals surface area contributed by atoms with Gasteiger partial charge in [-0.3, -0.25) is 0 Å². The Morgan fingerprint density at radius 2 is 1.63 bits per heavy atom. The van der Waals surface area contributed by atoms with E-state index in [-0.39, 0.29) is 11.5 Å². The van der Waals surface area contributed by atoms with Crippen molar-refractivity contribution in [1.29, 1.82) is 5.41 Å². The van der Waals surface area contributed by atoms with Crippen molar-refractivity contribution < 1.29 is 9.53 Å². The van der Waals surface area contributed by atoms with Gasteiger partial charge in [-0.15, -0.1) is 0 Å². The minimum absolute atomic E-state index is 0.256. The quantitative estimate of drug-likeness (QED) is 0.718. The highest BCUT2D eigenvalue weighted by atomic mass is 16.6. The highest BCUT2D eigenvalue weighted by molar-refractivity contribution is 5.92. The van der Waals surface area contributed by atoms with E-state index in [0.717, 1.165) is 37.0 Å². The summed E-state index contributed by atoms with van der Waals surface area (Å²) >= 11 is 0. The molecule has 2 aromatic carbocycles. The van der Waals surface area contributed by atoms with Gasteiger partial charge in [-0.1, -0.05) is 74.0 Å². The fraction of sp³-hybridized carbons (Fsp3) is 0.391. The van der Waals surface area contributed by atoms with Crippen molar-refractivity contribution >= 4 is 11.8 Å². The molecule has 27 heavy (non-hydrogen) atoms. The van der Waals surface area contributed by atoms with Crippen LogP contribution >= 0.6 is 0 Å². The fourth-order valence-electron chi connectivity index (χ4n) is 3.89. The summed E-state index contributed by atoms with van der Waals surface area (Å²) in [6.45, 7) is 3.65. The summed E-state index contributed by atoms with van der Waals surface area (Å²) in [4.78, 5) is 14.2. The second kappa shape index (κ2) is 8.85. The summed E-state index contributed by atoms with van der Waals surface area (Å²) in [5, 5.41) is 8.70. The van der Waals surface area contributed by atoms with Gasteiger partial charge in [-0.25, -0.2) is 4.79 Å². The molecule has 3 rings (SSSR count). The van der Waals surface area contributed by atoms with Gasteiger partial charge in [0.1, 0.15) is 6.61 Å². The van der Waals surface area contributed by atoms with Crippen LogP contribution < -0.4 is 0 Å². The average molecular weight is 364 g/mol. The number of piperidine rings is 1. The minimum Gasteiger partial charge on any atom is -0.445 e. The second-order valence-corrected chi connectivity index (χ2v) is 7.20. The summed E-state index contributed by atoms with van der Waals surface area (Å²) in [5.41, 5.74) is 2.72. The van der Waals surface area contributed by atoms with E-state index in [2.05, 4.69) is 19.1 Å². The molecule has 1 N–H and O–H groups in total. The van der Waals surface area contributed by atoms with Crippen molar-refractivity contribution in [1.82, 2.24) is 4.90 Å². The first kappa shape index (κ1) is 19.2. The van der Waals surface area contributed by atoms with Crippen molar-refractivity contribution in [3.63, 3.8) is 0 Å². The number of nitrogens with one attached hydrogen (secondary N) is 1. The predicted octanol–water partition coefficient (Wildman–Crippen LogP) is 5.18. The summed E-state index contributed by atoms with van der Waals surface area (Å²) < 4.78 is 5.48. The molecule has 1 amide bonds. The molecule has 0 unspecified atom stereocenters. The standard InChI is InChI=1S/C23H28N2O2/c1-2-9-21(24)23(20-12-7-4-8-13-20)14-16-25(17-15-23)22(26)27-18-19-10-5-3-6-11-19/h3-8,10-13,24H,2,9,14-18H2,1H3. The Labute approximate surface area is 161 Å². The van der Waals surface area contributed by atoms with Gasteiger partial charge in [0.05, 0.1) is 0 Å². The minimum atomic E-state index is -0.262. The molecule has 142 valence electrons. The van der Waals surface area contributed by atoms with Crippen molar-refractivity contribution in [2.24, 2.45) is 0 Å². The molecule has 0 aromatic heterocycles. The Balaban J connectivity index is 1.65. The molecule has 0 radical (unpaired) electrons. The second-order valence-electron chi connectivity index (χ2n) is 7.20. The first-order chi connectivity index (χ1) is 13.2. The Bertz CT molecular complexity index is 750. The van der Waals surface area contributed by atoms with E-state index < -0.39 is 0 Å². The van der Waals surface area contributed by atoms with Crippen LogP contribution in [0.15, 0.2) is 60.7 Å². The third kappa shape index (κ3) is 4.38. The third-order valence-electron chi connectivity index (χ3n) is 5.48. The highest BCUT2D eigenvalue weighted by Crippen LogP contribution is 2.38. The molecule has 1 heterocycles. The predicted molar refractivity (Wildman–Crippen MR) is 108 cm³/mol. The van der Waals surface area contributed by atoms with Crippen LogP contribution in [-0.4, -0.2) is 29.8 Å². The molecular weight excluding hydrogens is 336 g/mol. The zero-order valence-electron chi connectivity index (χ0n) is 16.0. The number of carbonyl (C=O) groups is 1. The lowest BCUT2D eigenvalue weighted by atomic mass is 9.68. The molecule has 4 nitrogen and oxygen atoms in total. The largest absolute Gasteiger partial charge is 0.445 e. The van der Waals surface area contributed by atoms with Crippen molar-refractivity contribution in [2.45, 2.75) is 44.6 Å². The van der Waals surface area contributed by atoms with E-state index in [1.54, 1.807) is 4.90 Å². The molecule has 0 aliphatic carbocycles. The van der Waals surface area contributed by atoms with E-state index >= 15 is 0 Å². The Morgan fingerprint density at radius 1 is 1.04 bits per heavy atom. The molecule has 2 aromatic rings. The van der Waals surface area contributed by atoms with Crippen molar-refractivity contribution in [3.8, 4) is 0 Å². The number of hydrogen-bond donors (Lipinski definition) is 1. The van der Waals surface area contributed by atoms with Crippen LogP contribution in [0.2, 0.25) is 0 Å². The number of ether oxygens (including phenoxy) is 1. The van der Waals surface area contributed by atoms with Crippen molar-refractivity contribution in [3.05, 3.63) is 71.8 Å². The Hall–Kier alpha value is -2.62. The highest BCUT2D eigenvalue weighted by Gasteiger charge is 2.40. The maximum Gasteiger partial charge on any atom is 0.410 e.